The molecule has 7 rings (SSSR count). The van der Waals surface area contributed by atoms with Crippen LogP contribution < -0.4 is 11.1 Å². The van der Waals surface area contributed by atoms with Gasteiger partial charge in [-0.25, -0.2) is 29.3 Å². The SMILES string of the molecule is N#Cc1nccc(NC2CCN(Cc3ccc(-n4c(-c5cccnc5N)nc5ccc(-c6cnsc6)nc54)cc3)CC2)n1. The van der Waals surface area contributed by atoms with E-state index in [0.717, 1.165) is 66.1 Å². The van der Waals surface area contributed by atoms with Gasteiger partial charge in [-0.1, -0.05) is 12.1 Å². The number of nitrogens with zero attached hydrogens (tertiary/aromatic N) is 9. The number of piperidine rings is 1. The molecule has 43 heavy (non-hydrogen) atoms. The molecular weight excluding hydrogens is 558 g/mol. The Labute approximate surface area is 251 Å². The van der Waals surface area contributed by atoms with Crippen molar-refractivity contribution in [3.8, 4) is 34.4 Å². The van der Waals surface area contributed by atoms with Crippen LogP contribution in [-0.2, 0) is 6.54 Å². The number of likely N-dealkylation sites (tertiary alicyclic amines) is 1. The van der Waals surface area contributed by atoms with Crippen LogP contribution in [0.25, 0.3) is 39.5 Å². The molecule has 12 heteroatoms. The summed E-state index contributed by atoms with van der Waals surface area (Å²) in [6.45, 7) is 2.80. The van der Waals surface area contributed by atoms with Gasteiger partial charge in [0.05, 0.1) is 17.5 Å². The van der Waals surface area contributed by atoms with Gasteiger partial charge >= 0.3 is 0 Å². The fraction of sp³-hybridized carbons (Fsp3) is 0.194. The van der Waals surface area contributed by atoms with Crippen LogP contribution in [0.1, 0.15) is 24.2 Å². The largest absolute Gasteiger partial charge is 0.383 e. The molecule has 1 aliphatic heterocycles. The summed E-state index contributed by atoms with van der Waals surface area (Å²) in [6.07, 6.45) is 7.11. The first-order valence-corrected chi connectivity index (χ1v) is 14.8. The van der Waals surface area contributed by atoms with Crippen LogP contribution in [0.2, 0.25) is 0 Å². The van der Waals surface area contributed by atoms with E-state index in [0.29, 0.717) is 23.5 Å². The standard InChI is InChI=1S/C31H27N11S/c32-16-28-34-13-9-27(40-28)37-22-10-14-41(15-11-22)18-20-3-5-23(6-4-20)42-30(24-2-1-12-35-29(24)33)39-26-8-7-25(38-31(26)42)21-17-36-43-19-21/h1-9,12-13,17,19,22H,10-11,14-15,18H2,(H2,33,35)(H,34,37,40). The Balaban J connectivity index is 1.12. The van der Waals surface area contributed by atoms with Crippen LogP contribution in [0.3, 0.4) is 0 Å². The second kappa shape index (κ2) is 11.6. The fourth-order valence-electron chi connectivity index (χ4n) is 5.43. The van der Waals surface area contributed by atoms with Crippen molar-refractivity contribution in [3.05, 3.63) is 90.0 Å². The zero-order valence-corrected chi connectivity index (χ0v) is 23.9. The molecule has 1 fully saturated rings. The number of aromatic nitrogens is 7. The Morgan fingerprint density at radius 1 is 0.977 bits per heavy atom. The highest BCUT2D eigenvalue weighted by atomic mass is 32.1. The number of hydrogen-bond acceptors (Lipinski definition) is 11. The number of nitriles is 1. The zero-order valence-electron chi connectivity index (χ0n) is 23.1. The van der Waals surface area contributed by atoms with Crippen LogP contribution in [-0.4, -0.2) is 57.9 Å². The minimum absolute atomic E-state index is 0.182. The van der Waals surface area contributed by atoms with Crippen molar-refractivity contribution in [2.75, 3.05) is 24.1 Å². The van der Waals surface area contributed by atoms with E-state index < -0.39 is 0 Å². The zero-order chi connectivity index (χ0) is 29.2. The van der Waals surface area contributed by atoms with Crippen LogP contribution >= 0.6 is 11.5 Å². The molecule has 0 aliphatic carbocycles. The Morgan fingerprint density at radius 3 is 2.60 bits per heavy atom. The normalized spacial score (nSPS) is 14.1. The number of fused-ring (bicyclic) bond motifs is 1. The number of nitrogen functional groups attached to an aromatic ring is 1. The number of pyridine rings is 2. The van der Waals surface area contributed by atoms with Gasteiger partial charge in [-0.15, -0.1) is 0 Å². The van der Waals surface area contributed by atoms with Crippen molar-refractivity contribution in [3.63, 3.8) is 0 Å². The Morgan fingerprint density at radius 2 is 1.84 bits per heavy atom. The summed E-state index contributed by atoms with van der Waals surface area (Å²) >= 11 is 1.40. The van der Waals surface area contributed by atoms with Gasteiger partial charge in [-0.05, 0) is 72.4 Å². The van der Waals surface area contributed by atoms with Gasteiger partial charge in [0.15, 0.2) is 11.5 Å². The average Bonchev–Trinajstić information content (AvgIpc) is 3.71. The highest BCUT2D eigenvalue weighted by Gasteiger charge is 2.21. The summed E-state index contributed by atoms with van der Waals surface area (Å²) in [7, 11) is 0. The van der Waals surface area contributed by atoms with Crippen molar-refractivity contribution in [2.45, 2.75) is 25.4 Å². The summed E-state index contributed by atoms with van der Waals surface area (Å²) in [5, 5.41) is 14.5. The number of benzene rings is 1. The van der Waals surface area contributed by atoms with Crippen molar-refractivity contribution < 1.29 is 0 Å². The van der Waals surface area contributed by atoms with E-state index in [-0.39, 0.29) is 5.82 Å². The quantitative estimate of drug-likeness (QED) is 0.264. The lowest BCUT2D eigenvalue weighted by atomic mass is 10.0. The molecule has 1 saturated heterocycles. The Kier molecular flexibility index (Phi) is 7.16. The van der Waals surface area contributed by atoms with Crippen molar-refractivity contribution in [1.82, 2.24) is 38.8 Å². The summed E-state index contributed by atoms with van der Waals surface area (Å²) in [6, 6.07) is 20.4. The molecule has 6 heterocycles. The number of nitrogens with two attached hydrogens (primary N) is 1. The number of nitrogens with one attached hydrogen (secondary N) is 1. The van der Waals surface area contributed by atoms with Gasteiger partial charge < -0.3 is 11.1 Å². The third-order valence-corrected chi connectivity index (χ3v) is 8.19. The second-order valence-corrected chi connectivity index (χ2v) is 11.1. The van der Waals surface area contributed by atoms with E-state index in [9.17, 15) is 0 Å². The number of rotatable bonds is 7. The Hall–Kier alpha value is -5.25. The summed E-state index contributed by atoms with van der Waals surface area (Å²) in [5.74, 6) is 2.00. The highest BCUT2D eigenvalue weighted by Crippen LogP contribution is 2.32. The predicted octanol–water partition coefficient (Wildman–Crippen LogP) is 4.93. The van der Waals surface area contributed by atoms with Gasteiger partial charge in [0, 0.05) is 54.7 Å². The first-order valence-electron chi connectivity index (χ1n) is 14.0. The molecule has 6 aromatic rings. The van der Waals surface area contributed by atoms with Crippen LogP contribution in [0, 0.1) is 11.3 Å². The van der Waals surface area contributed by atoms with Gasteiger partial charge in [0.1, 0.15) is 23.2 Å². The molecule has 0 atom stereocenters. The lowest BCUT2D eigenvalue weighted by Gasteiger charge is -2.32. The monoisotopic (exact) mass is 585 g/mol. The topological polar surface area (TPSA) is 147 Å². The molecule has 0 amide bonds. The van der Waals surface area contributed by atoms with Crippen molar-refractivity contribution >= 4 is 34.3 Å². The maximum atomic E-state index is 9.06. The molecule has 212 valence electrons. The smallest absolute Gasteiger partial charge is 0.234 e. The van der Waals surface area contributed by atoms with Crippen LogP contribution in [0.5, 0.6) is 0 Å². The molecule has 3 N–H and O–H groups in total. The molecule has 1 aromatic carbocycles. The molecule has 5 aromatic heterocycles. The molecule has 11 nitrogen and oxygen atoms in total. The third kappa shape index (κ3) is 5.51. The van der Waals surface area contributed by atoms with E-state index in [1.165, 1.54) is 17.1 Å². The van der Waals surface area contributed by atoms with Crippen LogP contribution in [0.4, 0.5) is 11.6 Å². The Bertz CT molecular complexity index is 1920. The molecular formula is C31H27N11S. The van der Waals surface area contributed by atoms with Gasteiger partial charge in [-0.3, -0.25) is 9.47 Å². The van der Waals surface area contributed by atoms with E-state index in [4.69, 9.17) is 21.0 Å². The third-order valence-electron chi connectivity index (χ3n) is 7.61. The predicted molar refractivity (Wildman–Crippen MR) is 166 cm³/mol. The van der Waals surface area contributed by atoms with Gasteiger partial charge in [-0.2, -0.15) is 5.26 Å². The first-order chi connectivity index (χ1) is 21.1. The van der Waals surface area contributed by atoms with E-state index in [2.05, 4.69) is 58.4 Å². The van der Waals surface area contributed by atoms with E-state index in [1.54, 1.807) is 12.4 Å². The molecule has 0 spiro atoms. The second-order valence-electron chi connectivity index (χ2n) is 10.4. The van der Waals surface area contributed by atoms with Gasteiger partial charge in [0.2, 0.25) is 5.82 Å². The van der Waals surface area contributed by atoms with Crippen molar-refractivity contribution in [1.29, 1.82) is 5.26 Å². The lowest BCUT2D eigenvalue weighted by molar-refractivity contribution is 0.211. The minimum atomic E-state index is 0.182. The molecule has 0 unspecified atom stereocenters. The van der Waals surface area contributed by atoms with E-state index in [1.807, 2.05) is 48.0 Å². The molecule has 0 radical (unpaired) electrons. The molecule has 1 aliphatic rings. The minimum Gasteiger partial charge on any atom is -0.383 e. The maximum absolute atomic E-state index is 9.06. The summed E-state index contributed by atoms with van der Waals surface area (Å²) in [4.78, 5) is 24.9. The summed E-state index contributed by atoms with van der Waals surface area (Å²) in [5.41, 5.74) is 12.6. The summed E-state index contributed by atoms with van der Waals surface area (Å²) < 4.78 is 6.30. The van der Waals surface area contributed by atoms with Gasteiger partial charge in [0.25, 0.3) is 0 Å². The van der Waals surface area contributed by atoms with Crippen LogP contribution in [0.15, 0.2) is 78.6 Å². The number of imidazole rings is 1. The number of anilines is 2. The van der Waals surface area contributed by atoms with Crippen molar-refractivity contribution in [2.24, 2.45) is 0 Å². The molecule has 0 saturated carbocycles. The van der Waals surface area contributed by atoms with E-state index >= 15 is 0 Å². The molecule has 0 bridgehead atoms. The maximum Gasteiger partial charge on any atom is 0.234 e. The lowest BCUT2D eigenvalue weighted by Crippen LogP contribution is -2.38. The average molecular weight is 586 g/mol. The number of hydrogen-bond donors (Lipinski definition) is 2. The fourth-order valence-corrected chi connectivity index (χ4v) is 5.96. The first kappa shape index (κ1) is 26.6. The highest BCUT2D eigenvalue weighted by molar-refractivity contribution is 7.03.